The van der Waals surface area contributed by atoms with Gasteiger partial charge in [0.1, 0.15) is 23.4 Å². The normalized spacial score (nSPS) is 20.2. The minimum absolute atomic E-state index is 0.0371. The van der Waals surface area contributed by atoms with Gasteiger partial charge in [-0.05, 0) is 43.9 Å². The number of amides is 2. The summed E-state index contributed by atoms with van der Waals surface area (Å²) in [6.07, 6.45) is 1.28. The molecule has 212 valence electrons. The smallest absolute Gasteiger partial charge is 0.415 e. The number of sulfonamides is 1. The van der Waals surface area contributed by atoms with Gasteiger partial charge in [0.2, 0.25) is 15.9 Å². The average molecular weight is 569 g/mol. The summed E-state index contributed by atoms with van der Waals surface area (Å²) in [7, 11) is -3.85. The van der Waals surface area contributed by atoms with Crippen molar-refractivity contribution >= 4 is 38.8 Å². The molecule has 3 atom stereocenters. The lowest BCUT2D eigenvalue weighted by Crippen LogP contribution is -2.53. The molecule has 3 aromatic rings. The van der Waals surface area contributed by atoms with Gasteiger partial charge in [0.25, 0.3) is 5.95 Å². The van der Waals surface area contributed by atoms with Gasteiger partial charge in [-0.3, -0.25) is 14.6 Å². The molecule has 0 bridgehead atoms. The molecule has 40 heavy (non-hydrogen) atoms. The van der Waals surface area contributed by atoms with Gasteiger partial charge in [-0.1, -0.05) is 38.1 Å². The van der Waals surface area contributed by atoms with Crippen molar-refractivity contribution < 1.29 is 32.0 Å². The second-order valence-corrected chi connectivity index (χ2v) is 12.6. The van der Waals surface area contributed by atoms with Crippen molar-refractivity contribution in [3.8, 4) is 5.95 Å². The fraction of sp³-hybridized carbons (Fsp3) is 0.429. The summed E-state index contributed by atoms with van der Waals surface area (Å²) in [5.74, 6) is -1.05. The molecule has 2 aliphatic heterocycles. The number of hydrogen-bond donors (Lipinski definition) is 1. The Kier molecular flexibility index (Phi) is 7.65. The lowest BCUT2D eigenvalue weighted by atomic mass is 10.0. The van der Waals surface area contributed by atoms with E-state index in [2.05, 4.69) is 10.3 Å². The molecule has 1 aromatic carbocycles. The van der Waals surface area contributed by atoms with Crippen LogP contribution in [0.3, 0.4) is 0 Å². The minimum atomic E-state index is -3.85. The molecule has 2 fully saturated rings. The van der Waals surface area contributed by atoms with Gasteiger partial charge < -0.3 is 19.4 Å². The van der Waals surface area contributed by atoms with E-state index in [4.69, 9.17) is 9.15 Å². The van der Waals surface area contributed by atoms with Crippen LogP contribution in [-0.2, 0) is 25.4 Å². The number of nitrogens with one attached hydrogen (secondary N) is 1. The maximum atomic E-state index is 13.7. The van der Waals surface area contributed by atoms with E-state index in [1.165, 1.54) is 15.4 Å². The van der Waals surface area contributed by atoms with Crippen LogP contribution in [0.4, 0.5) is 4.79 Å². The highest BCUT2D eigenvalue weighted by molar-refractivity contribution is 7.88. The average Bonchev–Trinajstić information content (AvgIpc) is 3.57. The first kappa shape index (κ1) is 27.8. The largest absolute Gasteiger partial charge is 0.425 e. The Bertz CT molecular complexity index is 1540. The molecular formula is C28H32N4O7S. The monoisotopic (exact) mass is 568 g/mol. The van der Waals surface area contributed by atoms with Crippen molar-refractivity contribution in [2.75, 3.05) is 13.1 Å². The van der Waals surface area contributed by atoms with Gasteiger partial charge in [0.15, 0.2) is 5.78 Å². The van der Waals surface area contributed by atoms with E-state index in [1.54, 1.807) is 31.2 Å². The zero-order valence-electron chi connectivity index (χ0n) is 22.6. The van der Waals surface area contributed by atoms with E-state index in [9.17, 15) is 22.8 Å². The molecule has 0 saturated carbocycles. The number of pyridine rings is 1. The molecule has 2 aliphatic rings. The number of likely N-dealkylation sites (tertiary alicyclic amines) is 1. The lowest BCUT2D eigenvalue weighted by molar-refractivity contribution is -0.138. The molecule has 0 aliphatic carbocycles. The highest BCUT2D eigenvalue weighted by Crippen LogP contribution is 2.34. The Morgan fingerprint density at radius 3 is 2.62 bits per heavy atom. The van der Waals surface area contributed by atoms with Crippen molar-refractivity contribution in [2.45, 2.75) is 57.5 Å². The number of para-hydroxylation sites is 1. The second kappa shape index (κ2) is 11.0. The van der Waals surface area contributed by atoms with Crippen LogP contribution in [-0.4, -0.2) is 71.6 Å². The van der Waals surface area contributed by atoms with Crippen LogP contribution in [0.15, 0.2) is 53.1 Å². The number of fused-ring (bicyclic) bond motifs is 2. The van der Waals surface area contributed by atoms with E-state index in [0.717, 1.165) is 5.39 Å². The number of ether oxygens (including phenoxy) is 1. The van der Waals surface area contributed by atoms with Crippen LogP contribution in [0.5, 0.6) is 5.95 Å². The quantitative estimate of drug-likeness (QED) is 0.438. The van der Waals surface area contributed by atoms with Gasteiger partial charge in [0.05, 0.1) is 18.3 Å². The van der Waals surface area contributed by atoms with E-state index >= 15 is 0 Å². The minimum Gasteiger partial charge on any atom is -0.425 e. The SMILES string of the molecule is Cc1c(OC(=O)NC(CC(C)C)C(=O)N2CCC3C2C(=O)CN3S(=O)(=O)Cc2ccccn2)oc2ccccc12. The maximum absolute atomic E-state index is 13.7. The van der Waals surface area contributed by atoms with Crippen LogP contribution in [0.2, 0.25) is 0 Å². The van der Waals surface area contributed by atoms with Crippen molar-refractivity contribution in [3.05, 3.63) is 59.9 Å². The Labute approximate surface area is 232 Å². The number of benzene rings is 1. The van der Waals surface area contributed by atoms with Crippen LogP contribution >= 0.6 is 0 Å². The van der Waals surface area contributed by atoms with E-state index in [1.807, 2.05) is 32.0 Å². The summed E-state index contributed by atoms with van der Waals surface area (Å²) < 4.78 is 38.7. The Morgan fingerprint density at radius 2 is 1.93 bits per heavy atom. The molecule has 0 spiro atoms. The first-order chi connectivity index (χ1) is 19.0. The third kappa shape index (κ3) is 5.46. The predicted octanol–water partition coefficient (Wildman–Crippen LogP) is 3.02. The molecule has 4 heterocycles. The number of ketones is 1. The molecule has 2 amide bonds. The number of carbonyl (C=O) groups excluding carboxylic acids is 3. The van der Waals surface area contributed by atoms with Gasteiger partial charge in [-0.15, -0.1) is 0 Å². The third-order valence-electron chi connectivity index (χ3n) is 7.36. The van der Waals surface area contributed by atoms with E-state index < -0.39 is 40.1 Å². The molecule has 3 unspecified atom stereocenters. The molecule has 2 saturated heterocycles. The van der Waals surface area contributed by atoms with Crippen LogP contribution in [0.25, 0.3) is 11.0 Å². The Balaban J connectivity index is 1.30. The number of aromatic nitrogens is 1. The van der Waals surface area contributed by atoms with Gasteiger partial charge in [-0.2, -0.15) is 4.31 Å². The molecular weight excluding hydrogens is 536 g/mol. The molecule has 5 rings (SSSR count). The fourth-order valence-corrected chi connectivity index (χ4v) is 7.20. The van der Waals surface area contributed by atoms with Crippen molar-refractivity contribution in [1.82, 2.24) is 19.5 Å². The summed E-state index contributed by atoms with van der Waals surface area (Å²) in [4.78, 5) is 45.2. The summed E-state index contributed by atoms with van der Waals surface area (Å²) in [6.45, 7) is 5.49. The number of Topliss-reactive ketones (excluding diaryl/α,β-unsaturated/α-hetero) is 1. The van der Waals surface area contributed by atoms with Gasteiger partial charge in [-0.25, -0.2) is 13.2 Å². The molecule has 12 heteroatoms. The molecule has 11 nitrogen and oxygen atoms in total. The standard InChI is InChI=1S/C28H32N4O7S/c1-17(2)14-21(30-28(35)39-27-18(3)20-9-4-5-10-24(20)38-27)26(34)31-13-11-22-25(31)23(33)15-32(22)40(36,37)16-19-8-6-7-12-29-19/h4-10,12,17,21-22,25H,11,13-16H2,1-3H3,(H,30,35). The van der Waals surface area contributed by atoms with Crippen LogP contribution in [0, 0.1) is 12.8 Å². The number of aryl methyl sites for hydroxylation is 1. The third-order valence-corrected chi connectivity index (χ3v) is 9.13. The topological polar surface area (TPSA) is 139 Å². The number of hydrogen-bond acceptors (Lipinski definition) is 8. The highest BCUT2D eigenvalue weighted by Gasteiger charge is 2.54. The zero-order valence-corrected chi connectivity index (χ0v) is 23.4. The van der Waals surface area contributed by atoms with Crippen molar-refractivity contribution in [3.63, 3.8) is 0 Å². The first-order valence-corrected chi connectivity index (χ1v) is 14.8. The van der Waals surface area contributed by atoms with E-state index in [0.29, 0.717) is 29.7 Å². The molecule has 2 aromatic heterocycles. The summed E-state index contributed by atoms with van der Waals surface area (Å²) in [5, 5.41) is 3.46. The molecule has 0 radical (unpaired) electrons. The van der Waals surface area contributed by atoms with Crippen LogP contribution in [0.1, 0.15) is 37.9 Å². The Morgan fingerprint density at radius 1 is 1.18 bits per heavy atom. The number of furan rings is 1. The number of rotatable bonds is 8. The molecule has 1 N–H and O–H groups in total. The zero-order chi connectivity index (χ0) is 28.6. The summed E-state index contributed by atoms with van der Waals surface area (Å²) in [6, 6.07) is 9.76. The van der Waals surface area contributed by atoms with Crippen LogP contribution < -0.4 is 10.1 Å². The summed E-state index contributed by atoms with van der Waals surface area (Å²) >= 11 is 0. The summed E-state index contributed by atoms with van der Waals surface area (Å²) in [5.41, 5.74) is 1.61. The second-order valence-electron chi connectivity index (χ2n) is 10.6. The maximum Gasteiger partial charge on any atom is 0.415 e. The van der Waals surface area contributed by atoms with Gasteiger partial charge >= 0.3 is 6.09 Å². The predicted molar refractivity (Wildman–Crippen MR) is 146 cm³/mol. The van der Waals surface area contributed by atoms with Crippen molar-refractivity contribution in [1.29, 1.82) is 0 Å². The lowest BCUT2D eigenvalue weighted by Gasteiger charge is -2.28. The fourth-order valence-electron chi connectivity index (χ4n) is 5.53. The Hall–Kier alpha value is -3.77. The number of carbonyl (C=O) groups is 3. The van der Waals surface area contributed by atoms with Crippen molar-refractivity contribution in [2.24, 2.45) is 5.92 Å². The first-order valence-electron chi connectivity index (χ1n) is 13.2. The number of nitrogens with zero attached hydrogens (tertiary/aromatic N) is 3. The van der Waals surface area contributed by atoms with E-state index in [-0.39, 0.29) is 36.5 Å². The van der Waals surface area contributed by atoms with Gasteiger partial charge in [0, 0.05) is 23.7 Å². The highest BCUT2D eigenvalue weighted by atomic mass is 32.2.